The second-order valence-corrected chi connectivity index (χ2v) is 10.2. The maximum absolute atomic E-state index is 13.1. The summed E-state index contributed by atoms with van der Waals surface area (Å²) in [5.41, 5.74) is 2.64. The third-order valence-corrected chi connectivity index (χ3v) is 6.98. The van der Waals surface area contributed by atoms with E-state index in [1.54, 1.807) is 22.3 Å². The molecule has 4 heterocycles. The highest BCUT2D eigenvalue weighted by Gasteiger charge is 2.30. The molecule has 0 saturated heterocycles. The summed E-state index contributed by atoms with van der Waals surface area (Å²) in [6, 6.07) is 15.9. The largest absolute Gasteiger partial charge is 0.467 e. The Morgan fingerprint density at radius 3 is 2.77 bits per heavy atom. The lowest BCUT2D eigenvalue weighted by molar-refractivity contribution is 0.127. The molecule has 0 amide bonds. The van der Waals surface area contributed by atoms with Crippen LogP contribution in [0.1, 0.15) is 47.5 Å². The summed E-state index contributed by atoms with van der Waals surface area (Å²) in [6.45, 7) is 7.97. The first-order chi connectivity index (χ1) is 17.0. The van der Waals surface area contributed by atoms with Gasteiger partial charge in [-0.2, -0.15) is 0 Å². The van der Waals surface area contributed by atoms with Crippen LogP contribution in [-0.4, -0.2) is 30.1 Å². The molecule has 0 bridgehead atoms. The minimum absolute atomic E-state index is 0.0739. The number of aryl methyl sites for hydroxylation is 1. The van der Waals surface area contributed by atoms with Crippen molar-refractivity contribution in [2.45, 2.75) is 46.4 Å². The second-order valence-electron chi connectivity index (χ2n) is 9.16. The predicted octanol–water partition coefficient (Wildman–Crippen LogP) is 4.93. The number of nitrogens with one attached hydrogen (secondary N) is 1. The molecule has 0 aliphatic heterocycles. The Kier molecular flexibility index (Phi) is 6.61. The number of thiophene rings is 1. The van der Waals surface area contributed by atoms with Gasteiger partial charge in [-0.1, -0.05) is 31.5 Å². The molecule has 1 N–H and O–H groups in total. The maximum atomic E-state index is 13.1. The van der Waals surface area contributed by atoms with Crippen molar-refractivity contribution >= 4 is 22.2 Å². The molecule has 5 rings (SSSR count). The average molecular weight is 489 g/mol. The summed E-state index contributed by atoms with van der Waals surface area (Å²) in [4.78, 5) is 19.6. The molecular formula is C26H28N6O2S. The van der Waals surface area contributed by atoms with Crippen LogP contribution in [0.4, 0.5) is 0 Å². The lowest BCUT2D eigenvalue weighted by Crippen LogP contribution is -2.35. The third-order valence-electron chi connectivity index (χ3n) is 6.12. The van der Waals surface area contributed by atoms with Crippen LogP contribution in [0.5, 0.6) is 0 Å². The molecule has 0 radical (unpaired) electrons. The average Bonchev–Trinajstić information content (AvgIpc) is 3.59. The zero-order chi connectivity index (χ0) is 24.4. The summed E-state index contributed by atoms with van der Waals surface area (Å²) in [7, 11) is 0. The van der Waals surface area contributed by atoms with Crippen molar-refractivity contribution in [3.8, 4) is 0 Å². The van der Waals surface area contributed by atoms with E-state index < -0.39 is 0 Å². The first kappa shape index (κ1) is 23.2. The lowest BCUT2D eigenvalue weighted by Gasteiger charge is -2.33. The van der Waals surface area contributed by atoms with Gasteiger partial charge in [0.15, 0.2) is 5.82 Å². The number of fused-ring (bicyclic) bond motifs is 1. The normalized spacial score (nSPS) is 12.7. The van der Waals surface area contributed by atoms with Crippen LogP contribution in [0.25, 0.3) is 10.9 Å². The van der Waals surface area contributed by atoms with Crippen molar-refractivity contribution in [3.05, 3.63) is 98.1 Å². The first-order valence-corrected chi connectivity index (χ1v) is 12.5. The Morgan fingerprint density at radius 2 is 2.03 bits per heavy atom. The van der Waals surface area contributed by atoms with Crippen LogP contribution in [0.15, 0.2) is 69.4 Å². The van der Waals surface area contributed by atoms with Gasteiger partial charge >= 0.3 is 0 Å². The number of H-pyrrole nitrogens is 1. The molecule has 0 fully saturated rings. The van der Waals surface area contributed by atoms with Crippen LogP contribution >= 0.6 is 11.3 Å². The Morgan fingerprint density at radius 1 is 1.14 bits per heavy atom. The molecule has 9 heteroatoms. The Balaban J connectivity index is 1.54. The van der Waals surface area contributed by atoms with Crippen molar-refractivity contribution in [3.63, 3.8) is 0 Å². The number of pyridine rings is 1. The lowest BCUT2D eigenvalue weighted by atomic mass is 10.00. The molecule has 0 spiro atoms. The summed E-state index contributed by atoms with van der Waals surface area (Å²) in [5.74, 6) is 1.73. The molecule has 1 atom stereocenters. The van der Waals surface area contributed by atoms with Crippen molar-refractivity contribution in [2.75, 3.05) is 0 Å². The SMILES string of the molecule is Cc1ccc2[nH]c(=O)c(CN(Cc3cccs3)[C@@H](c3nnnn3Cc3ccco3)C(C)C)cc2c1. The van der Waals surface area contributed by atoms with Gasteiger partial charge in [0.1, 0.15) is 12.3 Å². The van der Waals surface area contributed by atoms with E-state index in [-0.39, 0.29) is 17.5 Å². The molecule has 35 heavy (non-hydrogen) atoms. The van der Waals surface area contributed by atoms with Crippen molar-refractivity contribution in [1.82, 2.24) is 30.1 Å². The molecule has 4 aromatic heterocycles. The van der Waals surface area contributed by atoms with Crippen LogP contribution in [0.3, 0.4) is 0 Å². The number of benzene rings is 1. The van der Waals surface area contributed by atoms with E-state index in [1.807, 2.05) is 30.3 Å². The third kappa shape index (κ3) is 5.11. The molecule has 8 nitrogen and oxygen atoms in total. The highest BCUT2D eigenvalue weighted by Crippen LogP contribution is 2.31. The molecule has 180 valence electrons. The molecule has 0 aliphatic carbocycles. The maximum Gasteiger partial charge on any atom is 0.252 e. The number of aromatic nitrogens is 5. The van der Waals surface area contributed by atoms with Crippen molar-refractivity contribution in [1.29, 1.82) is 0 Å². The topological polar surface area (TPSA) is 92.8 Å². The predicted molar refractivity (Wildman–Crippen MR) is 136 cm³/mol. The smallest absolute Gasteiger partial charge is 0.252 e. The van der Waals surface area contributed by atoms with Gasteiger partial charge in [0.2, 0.25) is 0 Å². The zero-order valence-corrected chi connectivity index (χ0v) is 20.8. The zero-order valence-electron chi connectivity index (χ0n) is 20.0. The van der Waals surface area contributed by atoms with E-state index in [9.17, 15) is 4.79 Å². The number of hydrogen-bond acceptors (Lipinski definition) is 7. The van der Waals surface area contributed by atoms with E-state index in [4.69, 9.17) is 4.42 Å². The van der Waals surface area contributed by atoms with E-state index >= 15 is 0 Å². The van der Waals surface area contributed by atoms with Crippen LogP contribution in [0, 0.1) is 12.8 Å². The molecule has 1 aromatic carbocycles. The number of tetrazole rings is 1. The van der Waals surface area contributed by atoms with Crippen LogP contribution in [-0.2, 0) is 19.6 Å². The van der Waals surface area contributed by atoms with Gasteiger partial charge in [-0.25, -0.2) is 4.68 Å². The molecular weight excluding hydrogens is 460 g/mol. The summed E-state index contributed by atoms with van der Waals surface area (Å²) in [5, 5.41) is 15.8. The van der Waals surface area contributed by atoms with Gasteiger partial charge in [0, 0.05) is 29.0 Å². The number of rotatable bonds is 9. The Bertz CT molecular complexity index is 1450. The molecule has 5 aromatic rings. The highest BCUT2D eigenvalue weighted by molar-refractivity contribution is 7.09. The number of furan rings is 1. The van der Waals surface area contributed by atoms with E-state index in [0.717, 1.165) is 33.6 Å². The van der Waals surface area contributed by atoms with Gasteiger partial charge in [-0.15, -0.1) is 16.4 Å². The van der Waals surface area contributed by atoms with Crippen LogP contribution in [0.2, 0.25) is 0 Å². The minimum Gasteiger partial charge on any atom is -0.467 e. The Labute approximate surface area is 207 Å². The number of hydrogen-bond donors (Lipinski definition) is 1. The molecule has 0 unspecified atom stereocenters. The quantitative estimate of drug-likeness (QED) is 0.316. The standard InChI is InChI=1S/C26H28N6O2S/c1-17(2)24(25-28-29-30-32(25)15-21-6-4-10-34-21)31(16-22-7-5-11-35-22)14-20-13-19-12-18(3)8-9-23(19)27-26(20)33/h4-13,17,24H,14-16H2,1-3H3,(H,27,33)/t24-/m1/s1. The molecule has 0 aliphatic rings. The summed E-state index contributed by atoms with van der Waals surface area (Å²) >= 11 is 1.70. The fourth-order valence-electron chi connectivity index (χ4n) is 4.53. The van der Waals surface area contributed by atoms with Crippen LogP contribution < -0.4 is 5.56 Å². The molecule has 0 saturated carbocycles. The number of aromatic amines is 1. The fourth-order valence-corrected chi connectivity index (χ4v) is 5.26. The summed E-state index contributed by atoms with van der Waals surface area (Å²) < 4.78 is 7.33. The van der Waals surface area contributed by atoms with Gasteiger partial charge < -0.3 is 9.40 Å². The second kappa shape index (κ2) is 9.97. The Hall–Kier alpha value is -3.56. The minimum atomic E-state index is -0.116. The van der Waals surface area contributed by atoms with Gasteiger partial charge in [-0.05, 0) is 70.4 Å². The highest BCUT2D eigenvalue weighted by atomic mass is 32.1. The first-order valence-electron chi connectivity index (χ1n) is 11.7. The van der Waals surface area contributed by atoms with Gasteiger partial charge in [0.05, 0.1) is 12.3 Å². The van der Waals surface area contributed by atoms with Crippen molar-refractivity contribution in [2.24, 2.45) is 5.92 Å². The van der Waals surface area contributed by atoms with Gasteiger partial charge in [0.25, 0.3) is 5.56 Å². The fraction of sp³-hybridized carbons (Fsp3) is 0.308. The van der Waals surface area contributed by atoms with E-state index in [1.165, 1.54) is 4.88 Å². The van der Waals surface area contributed by atoms with Crippen molar-refractivity contribution < 1.29 is 4.42 Å². The summed E-state index contributed by atoms with van der Waals surface area (Å²) in [6.07, 6.45) is 1.65. The monoisotopic (exact) mass is 488 g/mol. The van der Waals surface area contributed by atoms with Gasteiger partial charge in [-0.3, -0.25) is 9.69 Å². The van der Waals surface area contributed by atoms with E-state index in [0.29, 0.717) is 19.6 Å². The van der Waals surface area contributed by atoms with E-state index in [2.05, 4.69) is 69.8 Å². The number of nitrogens with zero attached hydrogens (tertiary/aromatic N) is 5.